The van der Waals surface area contributed by atoms with Gasteiger partial charge in [-0.3, -0.25) is 9.67 Å². The number of guanidine groups is 1. The highest BCUT2D eigenvalue weighted by Crippen LogP contribution is 2.27. The van der Waals surface area contributed by atoms with Crippen LogP contribution in [-0.4, -0.2) is 64.2 Å². The summed E-state index contributed by atoms with van der Waals surface area (Å²) in [5.41, 5.74) is 1.11. The first kappa shape index (κ1) is 17.6. The monoisotopic (exact) mass is 333 g/mol. The Hall–Kier alpha value is -1.77. The lowest BCUT2D eigenvalue weighted by molar-refractivity contribution is -0.199. The van der Waals surface area contributed by atoms with E-state index in [2.05, 4.69) is 15.4 Å². The van der Waals surface area contributed by atoms with Crippen molar-refractivity contribution in [1.82, 2.24) is 20.0 Å². The van der Waals surface area contributed by atoms with E-state index in [0.29, 0.717) is 25.6 Å². The maximum absolute atomic E-state index is 12.4. The van der Waals surface area contributed by atoms with Crippen LogP contribution in [0.5, 0.6) is 0 Å². The summed E-state index contributed by atoms with van der Waals surface area (Å²) in [6.07, 6.45) is -2.44. The molecule has 2 heterocycles. The van der Waals surface area contributed by atoms with Gasteiger partial charge in [-0.1, -0.05) is 0 Å². The first-order valence-corrected chi connectivity index (χ1v) is 7.57. The summed E-state index contributed by atoms with van der Waals surface area (Å²) >= 11 is 0. The van der Waals surface area contributed by atoms with Crippen molar-refractivity contribution < 1.29 is 18.3 Å². The minimum absolute atomic E-state index is 0.278. The summed E-state index contributed by atoms with van der Waals surface area (Å²) in [7, 11) is 1.85. The molecular weight excluding hydrogens is 311 g/mol. The Morgan fingerprint density at radius 3 is 2.87 bits per heavy atom. The molecule has 130 valence electrons. The number of hydrogen-bond acceptors (Lipinski definition) is 3. The molecule has 1 saturated heterocycles. The number of aliphatic imine (C=N–C) groups is 1. The second-order valence-electron chi connectivity index (χ2n) is 5.63. The molecule has 0 spiro atoms. The fraction of sp³-hybridized carbons (Fsp3) is 0.714. The average molecular weight is 333 g/mol. The molecule has 2 atom stereocenters. The van der Waals surface area contributed by atoms with E-state index in [9.17, 15) is 13.2 Å². The van der Waals surface area contributed by atoms with Crippen LogP contribution in [0.15, 0.2) is 17.4 Å². The van der Waals surface area contributed by atoms with Crippen LogP contribution in [0.25, 0.3) is 0 Å². The van der Waals surface area contributed by atoms with Crippen LogP contribution >= 0.6 is 0 Å². The molecule has 23 heavy (non-hydrogen) atoms. The molecule has 0 aliphatic carbocycles. The molecular formula is C14H22F3N5O. The van der Waals surface area contributed by atoms with Gasteiger partial charge in [0, 0.05) is 38.8 Å². The van der Waals surface area contributed by atoms with E-state index in [1.54, 1.807) is 4.68 Å². The summed E-state index contributed by atoms with van der Waals surface area (Å²) in [6, 6.07) is 0. The van der Waals surface area contributed by atoms with Crippen LogP contribution in [-0.2, 0) is 7.05 Å². The van der Waals surface area contributed by atoms with Crippen LogP contribution in [0.4, 0.5) is 13.2 Å². The van der Waals surface area contributed by atoms with Gasteiger partial charge in [0.15, 0.2) is 12.1 Å². The Kier molecular flexibility index (Phi) is 5.51. The Labute approximate surface area is 133 Å². The number of halogens is 3. The summed E-state index contributed by atoms with van der Waals surface area (Å²) in [4.78, 5) is 5.86. The highest BCUT2D eigenvalue weighted by Gasteiger charge is 2.38. The molecule has 2 rings (SSSR count). The molecule has 0 amide bonds. The molecule has 0 aromatic carbocycles. The molecule has 2 unspecified atom stereocenters. The van der Waals surface area contributed by atoms with Crippen molar-refractivity contribution in [3.63, 3.8) is 0 Å². The van der Waals surface area contributed by atoms with Crippen molar-refractivity contribution in [2.75, 3.05) is 26.2 Å². The van der Waals surface area contributed by atoms with Crippen LogP contribution < -0.4 is 5.32 Å². The molecule has 6 nitrogen and oxygen atoms in total. The maximum atomic E-state index is 12.4. The van der Waals surface area contributed by atoms with Gasteiger partial charge >= 0.3 is 6.18 Å². The van der Waals surface area contributed by atoms with Gasteiger partial charge in [0.1, 0.15) is 0 Å². The third kappa shape index (κ3) is 4.60. The minimum atomic E-state index is -4.65. The van der Waals surface area contributed by atoms with E-state index in [-0.39, 0.29) is 5.92 Å². The zero-order valence-corrected chi connectivity index (χ0v) is 13.2. The number of aromatic nitrogens is 2. The predicted octanol–water partition coefficient (Wildman–Crippen LogP) is 1.10. The molecule has 0 bridgehead atoms. The average Bonchev–Trinajstić information content (AvgIpc) is 3.10. The lowest BCUT2D eigenvalue weighted by Crippen LogP contribution is -2.41. The Balaban J connectivity index is 2.01. The molecule has 1 aliphatic rings. The van der Waals surface area contributed by atoms with Gasteiger partial charge in [-0.15, -0.1) is 0 Å². The second kappa shape index (κ2) is 7.20. The zero-order chi connectivity index (χ0) is 17.0. The fourth-order valence-corrected chi connectivity index (χ4v) is 2.58. The largest absolute Gasteiger partial charge is 0.416 e. The van der Waals surface area contributed by atoms with Crippen molar-refractivity contribution in [1.29, 1.82) is 0 Å². The summed E-state index contributed by atoms with van der Waals surface area (Å²) in [5, 5.41) is 16.2. The number of nitrogens with one attached hydrogen (secondary N) is 1. The topological polar surface area (TPSA) is 65.7 Å². The van der Waals surface area contributed by atoms with Gasteiger partial charge in [-0.05, 0) is 18.9 Å². The van der Waals surface area contributed by atoms with Crippen molar-refractivity contribution in [2.24, 2.45) is 12.0 Å². The molecule has 1 aromatic heterocycles. The molecule has 1 aromatic rings. The van der Waals surface area contributed by atoms with Gasteiger partial charge in [-0.2, -0.15) is 18.3 Å². The number of likely N-dealkylation sites (tertiary alicyclic amines) is 1. The second-order valence-corrected chi connectivity index (χ2v) is 5.63. The summed E-state index contributed by atoms with van der Waals surface area (Å²) in [6.45, 7) is 3.08. The van der Waals surface area contributed by atoms with Gasteiger partial charge in [-0.25, -0.2) is 0 Å². The number of nitrogens with zero attached hydrogens (tertiary/aromatic N) is 4. The number of hydrogen-bond donors (Lipinski definition) is 2. The highest BCUT2D eigenvalue weighted by atomic mass is 19.4. The van der Waals surface area contributed by atoms with Gasteiger partial charge in [0.05, 0.1) is 12.7 Å². The van der Waals surface area contributed by atoms with E-state index in [1.807, 2.05) is 31.3 Å². The molecule has 1 aliphatic heterocycles. The quantitative estimate of drug-likeness (QED) is 0.640. The van der Waals surface area contributed by atoms with Crippen molar-refractivity contribution in [2.45, 2.75) is 31.5 Å². The van der Waals surface area contributed by atoms with Crippen molar-refractivity contribution >= 4 is 5.96 Å². The van der Waals surface area contributed by atoms with E-state index < -0.39 is 18.8 Å². The molecule has 9 heteroatoms. The molecule has 1 fully saturated rings. The normalized spacial score (nSPS) is 20.9. The van der Waals surface area contributed by atoms with Gasteiger partial charge in [0.2, 0.25) is 0 Å². The smallest absolute Gasteiger partial charge is 0.382 e. The molecule has 0 radical (unpaired) electrons. The molecule has 0 saturated carbocycles. The number of rotatable bonds is 4. The van der Waals surface area contributed by atoms with E-state index in [4.69, 9.17) is 5.11 Å². The summed E-state index contributed by atoms with van der Waals surface area (Å²) in [5.74, 6) is 0.683. The Bertz CT molecular complexity index is 543. The highest BCUT2D eigenvalue weighted by molar-refractivity contribution is 5.80. The number of aliphatic hydroxyl groups excluding tert-OH is 1. The third-order valence-corrected chi connectivity index (χ3v) is 3.81. The number of aryl methyl sites for hydroxylation is 1. The lowest BCUT2D eigenvalue weighted by atomic mass is 10.0. The minimum Gasteiger partial charge on any atom is -0.382 e. The van der Waals surface area contributed by atoms with Crippen molar-refractivity contribution in [3.8, 4) is 0 Å². The standard InChI is InChI=1S/C14H22F3N5O/c1-3-18-13(19-7-12(23)14(15,16)17)22-5-4-10(9-22)11-6-20-21(2)8-11/h6,8,10,12,23H,3-5,7,9H2,1-2H3,(H,18,19). The third-order valence-electron chi connectivity index (χ3n) is 3.81. The maximum Gasteiger partial charge on any atom is 0.416 e. The van der Waals surface area contributed by atoms with Crippen LogP contribution in [0.3, 0.4) is 0 Å². The lowest BCUT2D eigenvalue weighted by Gasteiger charge is -2.22. The number of alkyl halides is 3. The first-order valence-electron chi connectivity index (χ1n) is 7.57. The SMILES string of the molecule is CCNC(=NCC(O)C(F)(F)F)N1CCC(c2cnn(C)c2)C1. The van der Waals surface area contributed by atoms with Crippen LogP contribution in [0.2, 0.25) is 0 Å². The van der Waals surface area contributed by atoms with E-state index >= 15 is 0 Å². The number of aliphatic hydroxyl groups is 1. The summed E-state index contributed by atoms with van der Waals surface area (Å²) < 4.78 is 38.9. The zero-order valence-electron chi connectivity index (χ0n) is 13.2. The van der Waals surface area contributed by atoms with E-state index in [0.717, 1.165) is 12.0 Å². The van der Waals surface area contributed by atoms with Gasteiger partial charge < -0.3 is 15.3 Å². The van der Waals surface area contributed by atoms with Crippen LogP contribution in [0, 0.1) is 0 Å². The molecule has 2 N–H and O–H groups in total. The van der Waals surface area contributed by atoms with Gasteiger partial charge in [0.25, 0.3) is 0 Å². The first-order chi connectivity index (χ1) is 10.8. The Morgan fingerprint density at radius 2 is 2.30 bits per heavy atom. The Morgan fingerprint density at radius 1 is 1.57 bits per heavy atom. The van der Waals surface area contributed by atoms with Crippen LogP contribution in [0.1, 0.15) is 24.8 Å². The predicted molar refractivity (Wildman–Crippen MR) is 80.2 cm³/mol. The van der Waals surface area contributed by atoms with Crippen molar-refractivity contribution in [3.05, 3.63) is 18.0 Å². The fourth-order valence-electron chi connectivity index (χ4n) is 2.58. The van der Waals surface area contributed by atoms with E-state index in [1.165, 1.54) is 0 Å².